The van der Waals surface area contributed by atoms with Crippen LogP contribution < -0.4 is 5.32 Å². The predicted molar refractivity (Wildman–Crippen MR) is 65.1 cm³/mol. The summed E-state index contributed by atoms with van der Waals surface area (Å²) < 4.78 is 13.1. The van der Waals surface area contributed by atoms with E-state index in [1.54, 1.807) is 12.1 Å². The largest absolute Gasteiger partial charge is 0.361 e. The Labute approximate surface area is 94.9 Å². The van der Waals surface area contributed by atoms with Gasteiger partial charge < -0.3 is 10.3 Å². The average Bonchev–Trinajstić information content (AvgIpc) is 2.60. The summed E-state index contributed by atoms with van der Waals surface area (Å²) >= 11 is 0. The topological polar surface area (TPSA) is 27.8 Å². The molecule has 0 saturated carbocycles. The van der Waals surface area contributed by atoms with Gasteiger partial charge in [-0.1, -0.05) is 13.8 Å². The molecule has 86 valence electrons. The zero-order valence-electron chi connectivity index (χ0n) is 9.68. The molecule has 0 aliphatic carbocycles. The highest BCUT2D eigenvalue weighted by molar-refractivity contribution is 5.83. The molecule has 16 heavy (non-hydrogen) atoms. The van der Waals surface area contributed by atoms with Crippen LogP contribution >= 0.6 is 0 Å². The van der Waals surface area contributed by atoms with Crippen LogP contribution in [0.2, 0.25) is 0 Å². The van der Waals surface area contributed by atoms with Crippen LogP contribution in [-0.4, -0.2) is 17.6 Å². The molecular weight excluding hydrogens is 203 g/mol. The fourth-order valence-electron chi connectivity index (χ4n) is 1.85. The van der Waals surface area contributed by atoms with Gasteiger partial charge in [-0.2, -0.15) is 0 Å². The van der Waals surface area contributed by atoms with E-state index in [4.69, 9.17) is 0 Å². The SMILES string of the molecule is CC(C)NCCc1c[nH]c2ccc(F)cc12. The van der Waals surface area contributed by atoms with Gasteiger partial charge in [0.05, 0.1) is 0 Å². The molecule has 0 aliphatic heterocycles. The van der Waals surface area contributed by atoms with Crippen molar-refractivity contribution in [2.45, 2.75) is 26.3 Å². The Kier molecular flexibility index (Phi) is 3.25. The maximum absolute atomic E-state index is 13.1. The summed E-state index contributed by atoms with van der Waals surface area (Å²) in [7, 11) is 0. The summed E-state index contributed by atoms with van der Waals surface area (Å²) in [5, 5.41) is 4.35. The van der Waals surface area contributed by atoms with E-state index in [0.29, 0.717) is 6.04 Å². The van der Waals surface area contributed by atoms with Crippen LogP contribution in [0.5, 0.6) is 0 Å². The Balaban J connectivity index is 2.15. The summed E-state index contributed by atoms with van der Waals surface area (Å²) in [5.41, 5.74) is 2.17. The molecule has 0 atom stereocenters. The van der Waals surface area contributed by atoms with Crippen LogP contribution in [-0.2, 0) is 6.42 Å². The van der Waals surface area contributed by atoms with Crippen molar-refractivity contribution in [3.8, 4) is 0 Å². The maximum Gasteiger partial charge on any atom is 0.123 e. The second kappa shape index (κ2) is 4.66. The Morgan fingerprint density at radius 2 is 2.19 bits per heavy atom. The number of aromatic amines is 1. The summed E-state index contributed by atoms with van der Waals surface area (Å²) in [6, 6.07) is 5.34. The zero-order chi connectivity index (χ0) is 11.5. The highest BCUT2D eigenvalue weighted by atomic mass is 19.1. The second-order valence-corrected chi connectivity index (χ2v) is 4.36. The van der Waals surface area contributed by atoms with Gasteiger partial charge in [-0.25, -0.2) is 4.39 Å². The molecule has 3 heteroatoms. The van der Waals surface area contributed by atoms with Crippen molar-refractivity contribution in [1.29, 1.82) is 0 Å². The molecule has 0 bridgehead atoms. The van der Waals surface area contributed by atoms with E-state index in [2.05, 4.69) is 24.1 Å². The molecule has 2 rings (SSSR count). The van der Waals surface area contributed by atoms with Crippen LogP contribution in [0.15, 0.2) is 24.4 Å². The summed E-state index contributed by atoms with van der Waals surface area (Å²) in [6.07, 6.45) is 2.88. The minimum atomic E-state index is -0.176. The highest BCUT2D eigenvalue weighted by Gasteiger charge is 2.04. The molecule has 0 fully saturated rings. The van der Waals surface area contributed by atoms with E-state index in [-0.39, 0.29) is 5.82 Å². The molecule has 0 unspecified atom stereocenters. The first-order chi connectivity index (χ1) is 7.66. The summed E-state index contributed by atoms with van der Waals surface area (Å²) in [4.78, 5) is 3.16. The third-order valence-corrected chi connectivity index (χ3v) is 2.68. The van der Waals surface area contributed by atoms with Gasteiger partial charge in [-0.05, 0) is 36.7 Å². The molecule has 2 N–H and O–H groups in total. The van der Waals surface area contributed by atoms with Crippen molar-refractivity contribution in [2.24, 2.45) is 0 Å². The normalized spacial score (nSPS) is 11.5. The smallest absolute Gasteiger partial charge is 0.123 e. The number of aromatic nitrogens is 1. The fraction of sp³-hybridized carbons (Fsp3) is 0.385. The number of hydrogen-bond donors (Lipinski definition) is 2. The molecular formula is C13H17FN2. The molecule has 1 aromatic heterocycles. The van der Waals surface area contributed by atoms with Gasteiger partial charge in [-0.15, -0.1) is 0 Å². The van der Waals surface area contributed by atoms with Gasteiger partial charge in [0.25, 0.3) is 0 Å². The van der Waals surface area contributed by atoms with E-state index in [1.807, 2.05) is 6.20 Å². The zero-order valence-corrected chi connectivity index (χ0v) is 9.68. The number of nitrogens with one attached hydrogen (secondary N) is 2. The lowest BCUT2D eigenvalue weighted by Gasteiger charge is -2.06. The lowest BCUT2D eigenvalue weighted by molar-refractivity contribution is 0.591. The number of H-pyrrole nitrogens is 1. The van der Waals surface area contributed by atoms with Crippen molar-refractivity contribution in [3.05, 3.63) is 35.8 Å². The van der Waals surface area contributed by atoms with E-state index in [0.717, 1.165) is 23.9 Å². The number of rotatable bonds is 4. The monoisotopic (exact) mass is 220 g/mol. The number of fused-ring (bicyclic) bond motifs is 1. The number of halogens is 1. The lowest BCUT2D eigenvalue weighted by atomic mass is 10.1. The molecule has 2 aromatic rings. The highest BCUT2D eigenvalue weighted by Crippen LogP contribution is 2.19. The molecule has 1 aromatic carbocycles. The van der Waals surface area contributed by atoms with Crippen LogP contribution in [0, 0.1) is 5.82 Å². The predicted octanol–water partition coefficient (Wildman–Crippen LogP) is 2.85. The Bertz CT molecular complexity index is 474. The molecule has 0 aliphatic rings. The second-order valence-electron chi connectivity index (χ2n) is 4.36. The van der Waals surface area contributed by atoms with Gasteiger partial charge in [0.15, 0.2) is 0 Å². The Hall–Kier alpha value is -1.35. The van der Waals surface area contributed by atoms with E-state index in [1.165, 1.54) is 11.6 Å². The van der Waals surface area contributed by atoms with Gasteiger partial charge in [-0.3, -0.25) is 0 Å². The van der Waals surface area contributed by atoms with Crippen molar-refractivity contribution < 1.29 is 4.39 Å². The molecule has 0 radical (unpaired) electrons. The van der Waals surface area contributed by atoms with Crippen molar-refractivity contribution in [3.63, 3.8) is 0 Å². The van der Waals surface area contributed by atoms with Crippen molar-refractivity contribution in [2.75, 3.05) is 6.54 Å². The first-order valence-electron chi connectivity index (χ1n) is 5.65. The first kappa shape index (κ1) is 11.1. The van der Waals surface area contributed by atoms with Gasteiger partial charge in [0.2, 0.25) is 0 Å². The number of hydrogen-bond acceptors (Lipinski definition) is 1. The van der Waals surface area contributed by atoms with Crippen LogP contribution in [0.25, 0.3) is 10.9 Å². The van der Waals surface area contributed by atoms with E-state index >= 15 is 0 Å². The first-order valence-corrected chi connectivity index (χ1v) is 5.65. The average molecular weight is 220 g/mol. The Morgan fingerprint density at radius 3 is 2.94 bits per heavy atom. The van der Waals surface area contributed by atoms with Gasteiger partial charge in [0.1, 0.15) is 5.82 Å². The number of benzene rings is 1. The quantitative estimate of drug-likeness (QED) is 0.814. The van der Waals surface area contributed by atoms with Gasteiger partial charge in [0, 0.05) is 23.1 Å². The van der Waals surface area contributed by atoms with Crippen molar-refractivity contribution >= 4 is 10.9 Å². The standard InChI is InChI=1S/C13H17FN2/c1-9(2)15-6-5-10-8-16-13-4-3-11(14)7-12(10)13/h3-4,7-9,15-16H,5-6H2,1-2H3. The minimum absolute atomic E-state index is 0.176. The van der Waals surface area contributed by atoms with Crippen molar-refractivity contribution in [1.82, 2.24) is 10.3 Å². The third kappa shape index (κ3) is 2.42. The fourth-order valence-corrected chi connectivity index (χ4v) is 1.85. The van der Waals surface area contributed by atoms with Gasteiger partial charge >= 0.3 is 0 Å². The lowest BCUT2D eigenvalue weighted by Crippen LogP contribution is -2.24. The van der Waals surface area contributed by atoms with Crippen LogP contribution in [0.3, 0.4) is 0 Å². The summed E-state index contributed by atoms with van der Waals surface area (Å²) in [5.74, 6) is -0.176. The molecule has 0 amide bonds. The van der Waals surface area contributed by atoms with E-state index < -0.39 is 0 Å². The Morgan fingerprint density at radius 1 is 1.38 bits per heavy atom. The molecule has 0 saturated heterocycles. The van der Waals surface area contributed by atoms with Crippen LogP contribution in [0.4, 0.5) is 4.39 Å². The summed E-state index contributed by atoms with van der Waals surface area (Å²) in [6.45, 7) is 5.16. The molecule has 0 spiro atoms. The maximum atomic E-state index is 13.1. The molecule has 1 heterocycles. The molecule has 2 nitrogen and oxygen atoms in total. The minimum Gasteiger partial charge on any atom is -0.361 e. The van der Waals surface area contributed by atoms with Crippen LogP contribution in [0.1, 0.15) is 19.4 Å². The third-order valence-electron chi connectivity index (χ3n) is 2.68. The van der Waals surface area contributed by atoms with E-state index in [9.17, 15) is 4.39 Å².